The SMILES string of the molecule is CCCNCc1cccc(Oc2ccc(C)c(F)c2)n1. The number of aryl methyl sites for hydroxylation is 1. The zero-order valence-electron chi connectivity index (χ0n) is 11.8. The van der Waals surface area contributed by atoms with E-state index in [1.165, 1.54) is 6.07 Å². The van der Waals surface area contributed by atoms with Crippen LogP contribution in [-0.2, 0) is 6.54 Å². The molecule has 0 aliphatic carbocycles. The molecule has 1 aromatic carbocycles. The molecule has 1 heterocycles. The Labute approximate surface area is 118 Å². The summed E-state index contributed by atoms with van der Waals surface area (Å²) in [5.41, 5.74) is 1.51. The molecule has 0 aliphatic rings. The van der Waals surface area contributed by atoms with Gasteiger partial charge in [0.1, 0.15) is 11.6 Å². The van der Waals surface area contributed by atoms with Crippen molar-refractivity contribution in [1.29, 1.82) is 0 Å². The minimum absolute atomic E-state index is 0.275. The van der Waals surface area contributed by atoms with Gasteiger partial charge in [-0.15, -0.1) is 0 Å². The summed E-state index contributed by atoms with van der Waals surface area (Å²) in [7, 11) is 0. The third-order valence-electron chi connectivity index (χ3n) is 2.88. The zero-order chi connectivity index (χ0) is 14.4. The van der Waals surface area contributed by atoms with Gasteiger partial charge in [0.05, 0.1) is 5.69 Å². The summed E-state index contributed by atoms with van der Waals surface area (Å²) >= 11 is 0. The molecule has 0 radical (unpaired) electrons. The Morgan fingerprint density at radius 2 is 2.10 bits per heavy atom. The van der Waals surface area contributed by atoms with Crippen LogP contribution in [0.5, 0.6) is 11.6 Å². The molecule has 106 valence electrons. The first-order valence-corrected chi connectivity index (χ1v) is 6.79. The fourth-order valence-electron chi connectivity index (χ4n) is 1.76. The van der Waals surface area contributed by atoms with Crippen LogP contribution in [0.25, 0.3) is 0 Å². The second kappa shape index (κ2) is 7.01. The molecule has 2 rings (SSSR count). The largest absolute Gasteiger partial charge is 0.439 e. The molecule has 0 fully saturated rings. The Bertz CT molecular complexity index is 572. The molecule has 1 N–H and O–H groups in total. The molecule has 0 atom stereocenters. The first-order chi connectivity index (χ1) is 9.69. The van der Waals surface area contributed by atoms with Crippen LogP contribution in [0.15, 0.2) is 36.4 Å². The van der Waals surface area contributed by atoms with Gasteiger partial charge in [-0.25, -0.2) is 9.37 Å². The monoisotopic (exact) mass is 274 g/mol. The minimum Gasteiger partial charge on any atom is -0.439 e. The maximum Gasteiger partial charge on any atom is 0.219 e. The second-order valence-corrected chi connectivity index (χ2v) is 4.66. The van der Waals surface area contributed by atoms with E-state index in [0.29, 0.717) is 23.7 Å². The zero-order valence-corrected chi connectivity index (χ0v) is 11.8. The maximum absolute atomic E-state index is 13.5. The molecule has 20 heavy (non-hydrogen) atoms. The van der Waals surface area contributed by atoms with Gasteiger partial charge >= 0.3 is 0 Å². The minimum atomic E-state index is -0.275. The fourth-order valence-corrected chi connectivity index (χ4v) is 1.76. The van der Waals surface area contributed by atoms with Gasteiger partial charge in [-0.3, -0.25) is 0 Å². The molecular formula is C16H19FN2O. The van der Waals surface area contributed by atoms with Crippen molar-refractivity contribution < 1.29 is 9.13 Å². The van der Waals surface area contributed by atoms with E-state index >= 15 is 0 Å². The van der Waals surface area contributed by atoms with Crippen LogP contribution in [0.3, 0.4) is 0 Å². The molecular weight excluding hydrogens is 255 g/mol. The number of rotatable bonds is 6. The van der Waals surface area contributed by atoms with Crippen LogP contribution in [0.2, 0.25) is 0 Å². The van der Waals surface area contributed by atoms with E-state index in [0.717, 1.165) is 18.7 Å². The van der Waals surface area contributed by atoms with Gasteiger partial charge in [0, 0.05) is 18.7 Å². The molecule has 0 aliphatic heterocycles. The summed E-state index contributed by atoms with van der Waals surface area (Å²) in [4.78, 5) is 4.38. The summed E-state index contributed by atoms with van der Waals surface area (Å²) in [5, 5.41) is 3.28. The molecule has 2 aromatic rings. The first-order valence-electron chi connectivity index (χ1n) is 6.79. The highest BCUT2D eigenvalue weighted by Gasteiger charge is 2.03. The number of nitrogens with zero attached hydrogens (tertiary/aromatic N) is 1. The molecule has 1 aromatic heterocycles. The van der Waals surface area contributed by atoms with Crippen molar-refractivity contribution in [2.24, 2.45) is 0 Å². The topological polar surface area (TPSA) is 34.1 Å². The number of aromatic nitrogens is 1. The standard InChI is InChI=1S/C16H19FN2O/c1-3-9-18-11-13-5-4-6-16(19-13)20-14-8-7-12(2)15(17)10-14/h4-8,10,18H,3,9,11H2,1-2H3. The highest BCUT2D eigenvalue weighted by molar-refractivity contribution is 5.31. The highest BCUT2D eigenvalue weighted by atomic mass is 19.1. The molecule has 0 saturated heterocycles. The van der Waals surface area contributed by atoms with Crippen LogP contribution < -0.4 is 10.1 Å². The molecule has 0 amide bonds. The van der Waals surface area contributed by atoms with Crippen LogP contribution in [0.1, 0.15) is 24.6 Å². The summed E-state index contributed by atoms with van der Waals surface area (Å²) < 4.78 is 19.0. The quantitative estimate of drug-likeness (QED) is 0.813. The Morgan fingerprint density at radius 1 is 1.25 bits per heavy atom. The molecule has 0 saturated carbocycles. The van der Waals surface area contributed by atoms with E-state index in [1.807, 2.05) is 12.1 Å². The summed E-state index contributed by atoms with van der Waals surface area (Å²) in [6.07, 6.45) is 1.08. The van der Waals surface area contributed by atoms with E-state index in [9.17, 15) is 4.39 Å². The lowest BCUT2D eigenvalue weighted by atomic mass is 10.2. The lowest BCUT2D eigenvalue weighted by Gasteiger charge is -2.08. The van der Waals surface area contributed by atoms with Gasteiger partial charge in [-0.1, -0.05) is 19.1 Å². The molecule has 4 heteroatoms. The molecule has 0 bridgehead atoms. The average Bonchev–Trinajstić information content (AvgIpc) is 2.44. The van der Waals surface area contributed by atoms with Crippen molar-refractivity contribution in [3.05, 3.63) is 53.5 Å². The third-order valence-corrected chi connectivity index (χ3v) is 2.88. The number of ether oxygens (including phenoxy) is 1. The van der Waals surface area contributed by atoms with Gasteiger partial charge in [-0.05, 0) is 37.6 Å². The van der Waals surface area contributed by atoms with Gasteiger partial charge in [0.2, 0.25) is 5.88 Å². The number of halogens is 1. The van der Waals surface area contributed by atoms with Crippen molar-refractivity contribution in [2.45, 2.75) is 26.8 Å². The number of nitrogens with one attached hydrogen (secondary N) is 1. The smallest absolute Gasteiger partial charge is 0.219 e. The normalized spacial score (nSPS) is 10.6. The van der Waals surface area contributed by atoms with Crippen molar-refractivity contribution in [2.75, 3.05) is 6.54 Å². The fraction of sp³-hybridized carbons (Fsp3) is 0.312. The van der Waals surface area contributed by atoms with Crippen LogP contribution >= 0.6 is 0 Å². The van der Waals surface area contributed by atoms with E-state index in [2.05, 4.69) is 17.2 Å². The van der Waals surface area contributed by atoms with E-state index in [-0.39, 0.29) is 5.82 Å². The Hall–Kier alpha value is -1.94. The Kier molecular flexibility index (Phi) is 5.07. The lowest BCUT2D eigenvalue weighted by molar-refractivity contribution is 0.454. The van der Waals surface area contributed by atoms with Gasteiger partial charge < -0.3 is 10.1 Å². The summed E-state index contributed by atoms with van der Waals surface area (Å²) in [5.74, 6) is 0.659. The van der Waals surface area contributed by atoms with Gasteiger partial charge in [-0.2, -0.15) is 0 Å². The predicted octanol–water partition coefficient (Wildman–Crippen LogP) is 3.82. The molecule has 0 unspecified atom stereocenters. The number of benzene rings is 1. The number of pyridine rings is 1. The van der Waals surface area contributed by atoms with Gasteiger partial charge in [0.15, 0.2) is 0 Å². The van der Waals surface area contributed by atoms with Crippen LogP contribution in [-0.4, -0.2) is 11.5 Å². The maximum atomic E-state index is 13.5. The van der Waals surface area contributed by atoms with Crippen molar-refractivity contribution in [3.63, 3.8) is 0 Å². The van der Waals surface area contributed by atoms with Gasteiger partial charge in [0.25, 0.3) is 0 Å². The van der Waals surface area contributed by atoms with E-state index < -0.39 is 0 Å². The highest BCUT2D eigenvalue weighted by Crippen LogP contribution is 2.21. The summed E-state index contributed by atoms with van der Waals surface area (Å²) in [6, 6.07) is 10.4. The molecule has 0 spiro atoms. The average molecular weight is 274 g/mol. The second-order valence-electron chi connectivity index (χ2n) is 4.66. The van der Waals surface area contributed by atoms with Crippen LogP contribution in [0.4, 0.5) is 4.39 Å². The summed E-state index contributed by atoms with van der Waals surface area (Å²) in [6.45, 7) is 5.49. The van der Waals surface area contributed by atoms with Crippen molar-refractivity contribution in [1.82, 2.24) is 10.3 Å². The number of hydrogen-bond donors (Lipinski definition) is 1. The Morgan fingerprint density at radius 3 is 2.85 bits per heavy atom. The van der Waals surface area contributed by atoms with Crippen LogP contribution in [0, 0.1) is 12.7 Å². The Balaban J connectivity index is 2.05. The van der Waals surface area contributed by atoms with Crippen molar-refractivity contribution >= 4 is 0 Å². The lowest BCUT2D eigenvalue weighted by Crippen LogP contribution is -2.14. The van der Waals surface area contributed by atoms with Crippen molar-refractivity contribution in [3.8, 4) is 11.6 Å². The first kappa shape index (κ1) is 14.5. The van der Waals surface area contributed by atoms with E-state index in [4.69, 9.17) is 4.74 Å². The van der Waals surface area contributed by atoms with E-state index in [1.54, 1.807) is 25.1 Å². The third kappa shape index (κ3) is 4.03. The molecule has 3 nitrogen and oxygen atoms in total. The number of hydrogen-bond acceptors (Lipinski definition) is 3. The predicted molar refractivity (Wildman–Crippen MR) is 77.4 cm³/mol.